The molecular formula is C48H71N3S2. The molecule has 0 aliphatic heterocycles. The van der Waals surface area contributed by atoms with Gasteiger partial charge in [-0.25, -0.2) is 4.99 Å². The van der Waals surface area contributed by atoms with Crippen molar-refractivity contribution in [2.24, 2.45) is 15.0 Å². The molecule has 0 aliphatic carbocycles. The van der Waals surface area contributed by atoms with Crippen LogP contribution in [0.2, 0.25) is 0 Å². The smallest absolute Gasteiger partial charge is 0.0808 e. The minimum absolute atomic E-state index is 0.464. The van der Waals surface area contributed by atoms with E-state index < -0.39 is 0 Å². The van der Waals surface area contributed by atoms with Crippen LogP contribution in [0.5, 0.6) is 0 Å². The van der Waals surface area contributed by atoms with E-state index in [0.29, 0.717) is 35.5 Å². The van der Waals surface area contributed by atoms with Gasteiger partial charge in [-0.3, -0.25) is 4.99 Å². The molecule has 0 radical (unpaired) electrons. The van der Waals surface area contributed by atoms with E-state index in [-0.39, 0.29) is 0 Å². The predicted molar refractivity (Wildman–Crippen MR) is 244 cm³/mol. The van der Waals surface area contributed by atoms with E-state index in [1.54, 1.807) is 0 Å². The lowest BCUT2D eigenvalue weighted by Gasteiger charge is -2.17. The van der Waals surface area contributed by atoms with Gasteiger partial charge in [-0.1, -0.05) is 157 Å². The minimum Gasteiger partial charge on any atom is -0.258 e. The first-order valence-electron chi connectivity index (χ1n) is 20.3. The van der Waals surface area contributed by atoms with Crippen LogP contribution in [-0.2, 0) is 0 Å². The highest BCUT2D eigenvalue weighted by molar-refractivity contribution is 8.13. The zero-order valence-electron chi connectivity index (χ0n) is 35.8. The number of unbranched alkanes of at least 4 members (excludes halogenated alkanes) is 4. The number of aliphatic imine (C=N–C) groups is 3. The van der Waals surface area contributed by atoms with Crippen molar-refractivity contribution in [2.75, 3.05) is 6.26 Å². The Balaban J connectivity index is 0.000000539. The molecule has 3 aromatic rings. The molecule has 53 heavy (non-hydrogen) atoms. The Morgan fingerprint density at radius 3 is 1.17 bits per heavy atom. The highest BCUT2D eigenvalue weighted by Gasteiger charge is 2.16. The monoisotopic (exact) mass is 754 g/mol. The van der Waals surface area contributed by atoms with Crippen molar-refractivity contribution in [1.29, 1.82) is 0 Å². The Morgan fingerprint density at radius 1 is 0.509 bits per heavy atom. The van der Waals surface area contributed by atoms with Crippen molar-refractivity contribution in [3.05, 3.63) is 88.0 Å². The molecule has 0 spiro atoms. The Bertz CT molecular complexity index is 1590. The van der Waals surface area contributed by atoms with E-state index in [0.717, 1.165) is 18.5 Å². The zero-order valence-corrected chi connectivity index (χ0v) is 37.4. The quantitative estimate of drug-likeness (QED) is 0.0596. The van der Waals surface area contributed by atoms with Gasteiger partial charge in [0.25, 0.3) is 0 Å². The van der Waals surface area contributed by atoms with Gasteiger partial charge in [0, 0.05) is 5.71 Å². The van der Waals surface area contributed by atoms with Gasteiger partial charge in [-0.2, -0.15) is 4.99 Å². The largest absolute Gasteiger partial charge is 0.258 e. The van der Waals surface area contributed by atoms with Crippen molar-refractivity contribution >= 4 is 57.0 Å². The van der Waals surface area contributed by atoms with Crippen LogP contribution in [-0.4, -0.2) is 22.2 Å². The summed E-state index contributed by atoms with van der Waals surface area (Å²) in [4.78, 5) is 14.6. The molecule has 0 aliphatic rings. The fourth-order valence-corrected chi connectivity index (χ4v) is 7.35. The van der Waals surface area contributed by atoms with Gasteiger partial charge in [0.2, 0.25) is 0 Å². The van der Waals surface area contributed by atoms with Gasteiger partial charge in [0.05, 0.1) is 27.3 Å². The topological polar surface area (TPSA) is 37.1 Å². The summed E-state index contributed by atoms with van der Waals surface area (Å²) >= 11 is 6.53. The Labute approximate surface area is 335 Å². The molecule has 3 nitrogen and oxygen atoms in total. The van der Waals surface area contributed by atoms with Crippen molar-refractivity contribution in [1.82, 2.24) is 0 Å². The second-order valence-corrected chi connectivity index (χ2v) is 17.4. The van der Waals surface area contributed by atoms with E-state index >= 15 is 0 Å². The molecule has 0 bridgehead atoms. The summed E-state index contributed by atoms with van der Waals surface area (Å²) in [6, 6.07) is 19.7. The molecule has 0 fully saturated rings. The minimum atomic E-state index is 0.464. The van der Waals surface area contributed by atoms with Crippen LogP contribution in [0.15, 0.2) is 69.6 Å². The summed E-state index contributed by atoms with van der Waals surface area (Å²) in [7, 11) is 0. The predicted octanol–water partition coefficient (Wildman–Crippen LogP) is 16.8. The summed E-state index contributed by atoms with van der Waals surface area (Å²) in [6.45, 7) is 29.1. The summed E-state index contributed by atoms with van der Waals surface area (Å²) in [5.74, 6) is 2.88. The van der Waals surface area contributed by atoms with Gasteiger partial charge in [-0.05, 0) is 120 Å². The highest BCUT2D eigenvalue weighted by Crippen LogP contribution is 2.37. The number of thioether (sulfide) groups is 1. The lowest BCUT2D eigenvalue weighted by atomic mass is 9.93. The number of hydrogen-bond donors (Lipinski definition) is 0. The molecule has 0 unspecified atom stereocenters. The third-order valence-electron chi connectivity index (χ3n) is 9.89. The number of thiocarbonyl (C=S) groups is 1. The molecule has 5 heteroatoms. The Kier molecular flexibility index (Phi) is 20.8. The number of isothiocyanates is 1. The molecule has 0 atom stereocenters. The van der Waals surface area contributed by atoms with Crippen LogP contribution in [0.3, 0.4) is 0 Å². The average Bonchev–Trinajstić information content (AvgIpc) is 3.10. The van der Waals surface area contributed by atoms with Crippen molar-refractivity contribution in [3.8, 4) is 0 Å². The third kappa shape index (κ3) is 14.7. The van der Waals surface area contributed by atoms with Gasteiger partial charge in [0.15, 0.2) is 0 Å². The van der Waals surface area contributed by atoms with E-state index in [1.807, 2.05) is 11.8 Å². The van der Waals surface area contributed by atoms with E-state index in [1.165, 1.54) is 87.6 Å². The molecule has 0 saturated heterocycles. The van der Waals surface area contributed by atoms with E-state index in [9.17, 15) is 0 Å². The van der Waals surface area contributed by atoms with Crippen LogP contribution in [0.1, 0.15) is 204 Å². The number of rotatable bonds is 17. The lowest BCUT2D eigenvalue weighted by Crippen LogP contribution is -1.99. The van der Waals surface area contributed by atoms with Crippen LogP contribution >= 0.6 is 24.0 Å². The maximum absolute atomic E-state index is 5.22. The van der Waals surface area contributed by atoms with Gasteiger partial charge >= 0.3 is 0 Å². The van der Waals surface area contributed by atoms with E-state index in [4.69, 9.17) is 22.2 Å². The second-order valence-electron chi connectivity index (χ2n) is 16.3. The molecule has 0 heterocycles. The first-order chi connectivity index (χ1) is 25.1. The highest BCUT2D eigenvalue weighted by atomic mass is 32.2. The molecule has 0 amide bonds. The van der Waals surface area contributed by atoms with Crippen molar-refractivity contribution in [3.63, 3.8) is 0 Å². The van der Waals surface area contributed by atoms with Gasteiger partial charge in [0.1, 0.15) is 0 Å². The lowest BCUT2D eigenvalue weighted by molar-refractivity contribution is 0.632. The van der Waals surface area contributed by atoms with Crippen LogP contribution in [0.4, 0.5) is 17.1 Å². The molecule has 0 aromatic heterocycles. The first kappa shape index (κ1) is 46.3. The fraction of sp³-hybridized carbons (Fsp3) is 0.562. The molecule has 3 rings (SSSR count). The normalized spacial score (nSPS) is 12.3. The van der Waals surface area contributed by atoms with Crippen LogP contribution in [0, 0.1) is 0 Å². The second kappa shape index (κ2) is 23.8. The maximum atomic E-state index is 5.22. The third-order valence-corrected chi connectivity index (χ3v) is 10.7. The standard InChI is InChI=1S/C35H54N2S.C13H17NS/c1-24(2)29-19-16-20-30(25(3)4)34(29)36-28(9)18-14-12-11-13-15-23-33(38-10)37-35-31(26(5)6)21-17-22-32(35)27(7)8;1-9(2)11-6-5-7-12(10(3)4)13(11)14-8-15/h16-17,19-22,24-27H,11-15,18,23H2,1-10H3;5-7,9-10H,1-4H3. The summed E-state index contributed by atoms with van der Waals surface area (Å²) in [6.07, 6.45) is 10.6. The summed E-state index contributed by atoms with van der Waals surface area (Å²) < 4.78 is 0. The number of benzene rings is 3. The SMILES string of the molecule is CC(C)c1cccc(C(C)C)c1N=C=S.CSC(CCCCCCCC(C)=Nc1c(C(C)C)cccc1C(C)C)=Nc1c(C(C)C)cccc1C(C)C. The van der Waals surface area contributed by atoms with Gasteiger partial charge < -0.3 is 0 Å². The first-order valence-corrected chi connectivity index (χ1v) is 21.9. The number of hydrogen-bond acceptors (Lipinski definition) is 5. The molecule has 0 saturated carbocycles. The number of para-hydroxylation sites is 3. The Morgan fingerprint density at radius 2 is 0.830 bits per heavy atom. The average molecular weight is 754 g/mol. The van der Waals surface area contributed by atoms with Crippen LogP contribution < -0.4 is 0 Å². The molecule has 290 valence electrons. The Hall–Kier alpha value is -2.85. The molecule has 0 N–H and O–H groups in total. The van der Waals surface area contributed by atoms with Gasteiger partial charge in [-0.15, -0.1) is 11.8 Å². The van der Waals surface area contributed by atoms with Crippen LogP contribution in [0.25, 0.3) is 0 Å². The van der Waals surface area contributed by atoms with Crippen molar-refractivity contribution in [2.45, 2.75) is 170 Å². The summed E-state index contributed by atoms with van der Waals surface area (Å²) in [5, 5.41) is 3.75. The van der Waals surface area contributed by atoms with E-state index in [2.05, 4.69) is 161 Å². The molecule has 3 aromatic carbocycles. The van der Waals surface area contributed by atoms with Crippen molar-refractivity contribution < 1.29 is 0 Å². The zero-order chi connectivity index (χ0) is 39.7. The number of nitrogens with zero attached hydrogens (tertiary/aromatic N) is 3. The fourth-order valence-electron chi connectivity index (χ4n) is 6.73. The maximum Gasteiger partial charge on any atom is 0.0808 e. The summed E-state index contributed by atoms with van der Waals surface area (Å²) in [5.41, 5.74) is 12.7. The molecular weight excluding hydrogens is 683 g/mol.